The third kappa shape index (κ3) is 1.70. The van der Waals surface area contributed by atoms with Crippen LogP contribution in [0.15, 0.2) is 66.7 Å². The minimum atomic E-state index is -0.0140. The standard InChI is InChI=1S/C23H19N/c1-23(2)21-12-17-10-15-6-4-3-5-14(15)9-16(17)11-20(21)19-8-7-18(24)13-22(19)23/h3-13H,24H2,1-2H3. The van der Waals surface area contributed by atoms with Crippen LogP contribution in [-0.2, 0) is 5.41 Å². The molecule has 116 valence electrons. The highest BCUT2D eigenvalue weighted by atomic mass is 14.5. The van der Waals surface area contributed by atoms with Gasteiger partial charge >= 0.3 is 0 Å². The Kier molecular flexibility index (Phi) is 2.49. The van der Waals surface area contributed by atoms with Crippen LogP contribution in [0.5, 0.6) is 0 Å². The normalized spacial score (nSPS) is 14.8. The SMILES string of the molecule is CC1(C)c2cc(N)ccc2-c2cc3cc4ccccc4cc3cc21. The van der Waals surface area contributed by atoms with Crippen LogP contribution >= 0.6 is 0 Å². The zero-order chi connectivity index (χ0) is 16.5. The molecule has 0 heterocycles. The van der Waals surface area contributed by atoms with Gasteiger partial charge in [0.1, 0.15) is 0 Å². The summed E-state index contributed by atoms with van der Waals surface area (Å²) in [5, 5.41) is 5.19. The minimum absolute atomic E-state index is 0.0140. The second kappa shape index (κ2) is 4.39. The van der Waals surface area contributed by atoms with E-state index >= 15 is 0 Å². The minimum Gasteiger partial charge on any atom is -0.399 e. The molecule has 2 N–H and O–H groups in total. The van der Waals surface area contributed by atoms with E-state index in [1.54, 1.807) is 0 Å². The number of rotatable bonds is 0. The maximum atomic E-state index is 6.05. The van der Waals surface area contributed by atoms with E-state index in [0.717, 1.165) is 5.69 Å². The van der Waals surface area contributed by atoms with Crippen LogP contribution in [0.1, 0.15) is 25.0 Å². The highest BCUT2D eigenvalue weighted by Crippen LogP contribution is 2.50. The fourth-order valence-corrected chi connectivity index (χ4v) is 4.19. The van der Waals surface area contributed by atoms with Gasteiger partial charge in [-0.25, -0.2) is 0 Å². The van der Waals surface area contributed by atoms with E-state index in [2.05, 4.69) is 74.5 Å². The first-order valence-corrected chi connectivity index (χ1v) is 8.41. The zero-order valence-electron chi connectivity index (χ0n) is 13.9. The molecule has 0 amide bonds. The first-order valence-electron chi connectivity index (χ1n) is 8.41. The molecule has 1 aliphatic rings. The van der Waals surface area contributed by atoms with Crippen LogP contribution in [0.2, 0.25) is 0 Å². The molecule has 0 saturated heterocycles. The molecule has 0 aliphatic heterocycles. The van der Waals surface area contributed by atoms with Crippen molar-refractivity contribution in [2.75, 3.05) is 5.73 Å². The van der Waals surface area contributed by atoms with E-state index < -0.39 is 0 Å². The van der Waals surface area contributed by atoms with E-state index in [1.165, 1.54) is 43.8 Å². The largest absolute Gasteiger partial charge is 0.399 e. The maximum Gasteiger partial charge on any atom is 0.0317 e. The lowest BCUT2D eigenvalue weighted by molar-refractivity contribution is 0.661. The third-order valence-corrected chi connectivity index (χ3v) is 5.52. The summed E-state index contributed by atoms with van der Waals surface area (Å²) in [5.74, 6) is 0. The van der Waals surface area contributed by atoms with Crippen molar-refractivity contribution in [1.82, 2.24) is 0 Å². The van der Waals surface area contributed by atoms with Gasteiger partial charge in [0.2, 0.25) is 0 Å². The van der Waals surface area contributed by atoms with Crippen molar-refractivity contribution in [3.63, 3.8) is 0 Å². The van der Waals surface area contributed by atoms with Gasteiger partial charge < -0.3 is 5.73 Å². The number of anilines is 1. The van der Waals surface area contributed by atoms with Crippen molar-refractivity contribution in [2.24, 2.45) is 0 Å². The topological polar surface area (TPSA) is 26.0 Å². The van der Waals surface area contributed by atoms with Crippen molar-refractivity contribution in [2.45, 2.75) is 19.3 Å². The molecule has 0 atom stereocenters. The van der Waals surface area contributed by atoms with Crippen molar-refractivity contribution < 1.29 is 0 Å². The molecule has 1 aliphatic carbocycles. The van der Waals surface area contributed by atoms with Gasteiger partial charge in [-0.1, -0.05) is 44.2 Å². The average Bonchev–Trinajstić information content (AvgIpc) is 2.78. The zero-order valence-corrected chi connectivity index (χ0v) is 13.9. The fourth-order valence-electron chi connectivity index (χ4n) is 4.19. The van der Waals surface area contributed by atoms with E-state index in [1.807, 2.05) is 6.07 Å². The first-order chi connectivity index (χ1) is 11.5. The third-order valence-electron chi connectivity index (χ3n) is 5.52. The number of nitrogen functional groups attached to an aromatic ring is 1. The molecule has 24 heavy (non-hydrogen) atoms. The van der Waals surface area contributed by atoms with E-state index in [-0.39, 0.29) is 5.41 Å². The van der Waals surface area contributed by atoms with E-state index in [0.29, 0.717) is 0 Å². The molecule has 5 rings (SSSR count). The van der Waals surface area contributed by atoms with Crippen molar-refractivity contribution >= 4 is 27.2 Å². The van der Waals surface area contributed by atoms with Crippen LogP contribution in [0.25, 0.3) is 32.7 Å². The van der Waals surface area contributed by atoms with Gasteiger partial charge in [-0.15, -0.1) is 0 Å². The number of hydrogen-bond donors (Lipinski definition) is 1. The first kappa shape index (κ1) is 13.6. The second-order valence-corrected chi connectivity index (χ2v) is 7.37. The Hall–Kier alpha value is -2.80. The average molecular weight is 309 g/mol. The summed E-state index contributed by atoms with van der Waals surface area (Å²) < 4.78 is 0. The summed E-state index contributed by atoms with van der Waals surface area (Å²) in [7, 11) is 0. The molecule has 4 aromatic carbocycles. The van der Waals surface area contributed by atoms with Gasteiger partial charge in [0.15, 0.2) is 0 Å². The van der Waals surface area contributed by atoms with Gasteiger partial charge in [-0.3, -0.25) is 0 Å². The predicted molar refractivity (Wildman–Crippen MR) is 103 cm³/mol. The summed E-state index contributed by atoms with van der Waals surface area (Å²) in [6.45, 7) is 4.59. The molecular weight excluding hydrogens is 290 g/mol. The Morgan fingerprint density at radius 1 is 0.625 bits per heavy atom. The van der Waals surface area contributed by atoms with Gasteiger partial charge in [0, 0.05) is 11.1 Å². The second-order valence-electron chi connectivity index (χ2n) is 7.37. The molecule has 0 aromatic heterocycles. The molecule has 0 saturated carbocycles. The summed E-state index contributed by atoms with van der Waals surface area (Å²) in [6, 6.07) is 24.2. The lowest BCUT2D eigenvalue weighted by Crippen LogP contribution is -2.15. The molecule has 0 spiro atoms. The fraction of sp³-hybridized carbons (Fsp3) is 0.130. The van der Waals surface area contributed by atoms with Crippen molar-refractivity contribution in [3.8, 4) is 11.1 Å². The van der Waals surface area contributed by atoms with Gasteiger partial charge in [-0.2, -0.15) is 0 Å². The molecular formula is C23H19N. The van der Waals surface area contributed by atoms with Gasteiger partial charge in [0.25, 0.3) is 0 Å². The lowest BCUT2D eigenvalue weighted by atomic mass is 9.81. The number of hydrogen-bond acceptors (Lipinski definition) is 1. The molecule has 0 radical (unpaired) electrons. The molecule has 4 aromatic rings. The summed E-state index contributed by atoms with van der Waals surface area (Å²) in [4.78, 5) is 0. The van der Waals surface area contributed by atoms with Gasteiger partial charge in [-0.05, 0) is 80.2 Å². The number of fused-ring (bicyclic) bond motifs is 5. The molecule has 1 heteroatoms. The van der Waals surface area contributed by atoms with Crippen LogP contribution < -0.4 is 5.73 Å². The highest BCUT2D eigenvalue weighted by Gasteiger charge is 2.35. The van der Waals surface area contributed by atoms with E-state index in [4.69, 9.17) is 5.73 Å². The predicted octanol–water partition coefficient (Wildman–Crippen LogP) is 5.88. The Morgan fingerprint density at radius 2 is 1.25 bits per heavy atom. The molecule has 0 bridgehead atoms. The van der Waals surface area contributed by atoms with Crippen LogP contribution in [0.3, 0.4) is 0 Å². The molecule has 0 fully saturated rings. The molecule has 1 nitrogen and oxygen atoms in total. The summed E-state index contributed by atoms with van der Waals surface area (Å²) >= 11 is 0. The maximum absolute atomic E-state index is 6.05. The summed E-state index contributed by atoms with van der Waals surface area (Å²) in [6.07, 6.45) is 0. The Bertz CT molecular complexity index is 1140. The highest BCUT2D eigenvalue weighted by molar-refractivity contribution is 6.01. The van der Waals surface area contributed by atoms with Crippen LogP contribution in [-0.4, -0.2) is 0 Å². The number of nitrogens with two attached hydrogens (primary N) is 1. The number of benzene rings is 4. The van der Waals surface area contributed by atoms with Crippen LogP contribution in [0, 0.1) is 0 Å². The monoisotopic (exact) mass is 309 g/mol. The smallest absolute Gasteiger partial charge is 0.0317 e. The quantitative estimate of drug-likeness (QED) is 0.318. The van der Waals surface area contributed by atoms with Crippen LogP contribution in [0.4, 0.5) is 5.69 Å². The Labute approximate surface area is 141 Å². The van der Waals surface area contributed by atoms with Crippen molar-refractivity contribution in [1.29, 1.82) is 0 Å². The summed E-state index contributed by atoms with van der Waals surface area (Å²) in [5.41, 5.74) is 12.3. The Balaban J connectivity index is 1.88. The van der Waals surface area contributed by atoms with Crippen molar-refractivity contribution in [3.05, 3.63) is 77.9 Å². The lowest BCUT2D eigenvalue weighted by Gasteiger charge is -2.22. The molecule has 0 unspecified atom stereocenters. The van der Waals surface area contributed by atoms with Gasteiger partial charge in [0.05, 0.1) is 0 Å². The van der Waals surface area contributed by atoms with E-state index in [9.17, 15) is 0 Å². The Morgan fingerprint density at radius 3 is 1.96 bits per heavy atom.